The third-order valence-electron chi connectivity index (χ3n) is 5.23. The van der Waals surface area contributed by atoms with Crippen molar-refractivity contribution in [1.29, 1.82) is 0 Å². The quantitative estimate of drug-likeness (QED) is 0.670. The summed E-state index contributed by atoms with van der Waals surface area (Å²) in [4.78, 5) is 36.5. The fraction of sp³-hybridized carbons (Fsp3) is 0.556. The van der Waals surface area contributed by atoms with Crippen LogP contribution in [0.4, 0.5) is 11.4 Å². The van der Waals surface area contributed by atoms with Crippen LogP contribution in [0.3, 0.4) is 0 Å². The van der Waals surface area contributed by atoms with E-state index in [1.54, 1.807) is 12.1 Å². The molecule has 25 heavy (non-hydrogen) atoms. The van der Waals surface area contributed by atoms with Crippen molar-refractivity contribution in [3.8, 4) is 0 Å². The molecule has 134 valence electrons. The lowest BCUT2D eigenvalue weighted by Gasteiger charge is -2.27. The van der Waals surface area contributed by atoms with E-state index < -0.39 is 4.92 Å². The number of hydrogen-bond acceptors (Lipinski definition) is 4. The smallest absolute Gasteiger partial charge is 0.269 e. The summed E-state index contributed by atoms with van der Waals surface area (Å²) in [5.74, 6) is 0.185. The molecule has 1 aliphatic carbocycles. The monoisotopic (exact) mass is 345 g/mol. The molecule has 1 saturated heterocycles. The molecule has 1 atom stereocenters. The van der Waals surface area contributed by atoms with Crippen molar-refractivity contribution in [2.45, 2.75) is 45.1 Å². The molecule has 0 aromatic heterocycles. The lowest BCUT2D eigenvalue weighted by atomic mass is 9.87. The first-order chi connectivity index (χ1) is 11.9. The van der Waals surface area contributed by atoms with Crippen LogP contribution in [-0.2, 0) is 9.59 Å². The summed E-state index contributed by atoms with van der Waals surface area (Å²) < 4.78 is 0. The Morgan fingerprint density at radius 3 is 2.44 bits per heavy atom. The molecule has 7 heteroatoms. The molecular weight excluding hydrogens is 322 g/mol. The van der Waals surface area contributed by atoms with Gasteiger partial charge in [-0.05, 0) is 43.7 Å². The van der Waals surface area contributed by atoms with Crippen LogP contribution in [0, 0.1) is 22.0 Å². The van der Waals surface area contributed by atoms with Gasteiger partial charge in [0.15, 0.2) is 0 Å². The second-order valence-electron chi connectivity index (χ2n) is 7.14. The maximum absolute atomic E-state index is 12.5. The van der Waals surface area contributed by atoms with Gasteiger partial charge in [-0.3, -0.25) is 19.7 Å². The summed E-state index contributed by atoms with van der Waals surface area (Å²) >= 11 is 0. The van der Waals surface area contributed by atoms with E-state index in [0.29, 0.717) is 12.2 Å². The lowest BCUT2D eigenvalue weighted by Crippen LogP contribution is -2.41. The molecular formula is C18H23N3O4. The predicted octanol–water partition coefficient (Wildman–Crippen LogP) is 2.64. The predicted molar refractivity (Wildman–Crippen MR) is 93.1 cm³/mol. The van der Waals surface area contributed by atoms with Crippen LogP contribution >= 0.6 is 0 Å². The number of rotatable bonds is 4. The second-order valence-corrected chi connectivity index (χ2v) is 7.14. The molecule has 0 unspecified atom stereocenters. The zero-order valence-corrected chi connectivity index (χ0v) is 14.3. The SMILES string of the molecule is CC1CCC(NC(=O)[C@H]2CC(=O)N(c3ccc([N+](=O)[O-])cc3)C2)CC1. The third-order valence-corrected chi connectivity index (χ3v) is 5.23. The molecule has 0 spiro atoms. The highest BCUT2D eigenvalue weighted by molar-refractivity contribution is 6.00. The minimum absolute atomic E-state index is 0.0174. The van der Waals surface area contributed by atoms with Gasteiger partial charge in [0.05, 0.1) is 10.8 Å². The Labute approximate surface area is 146 Å². The Kier molecular flexibility index (Phi) is 5.01. The number of carbonyl (C=O) groups is 2. The molecule has 3 rings (SSSR count). The van der Waals surface area contributed by atoms with Crippen molar-refractivity contribution in [1.82, 2.24) is 5.32 Å². The molecule has 1 aromatic rings. The third kappa shape index (κ3) is 3.97. The van der Waals surface area contributed by atoms with Crippen molar-refractivity contribution >= 4 is 23.2 Å². The molecule has 2 fully saturated rings. The Hall–Kier alpha value is -2.44. The molecule has 1 N–H and O–H groups in total. The number of hydrogen-bond donors (Lipinski definition) is 1. The van der Waals surface area contributed by atoms with Gasteiger partial charge in [-0.2, -0.15) is 0 Å². The molecule has 2 aliphatic rings. The normalized spacial score (nSPS) is 26.5. The van der Waals surface area contributed by atoms with Crippen LogP contribution in [0.5, 0.6) is 0 Å². The van der Waals surface area contributed by atoms with Gasteiger partial charge in [-0.1, -0.05) is 6.92 Å². The highest BCUT2D eigenvalue weighted by atomic mass is 16.6. The number of nitrogens with one attached hydrogen (secondary N) is 1. The van der Waals surface area contributed by atoms with Crippen molar-refractivity contribution in [3.63, 3.8) is 0 Å². The van der Waals surface area contributed by atoms with E-state index in [2.05, 4.69) is 12.2 Å². The molecule has 0 radical (unpaired) electrons. The topological polar surface area (TPSA) is 92.6 Å². The van der Waals surface area contributed by atoms with Gasteiger partial charge in [0.25, 0.3) is 5.69 Å². The molecule has 2 amide bonds. The highest BCUT2D eigenvalue weighted by Gasteiger charge is 2.36. The first-order valence-electron chi connectivity index (χ1n) is 8.79. The number of nitrogens with zero attached hydrogens (tertiary/aromatic N) is 2. The van der Waals surface area contributed by atoms with Gasteiger partial charge in [-0.15, -0.1) is 0 Å². The van der Waals surface area contributed by atoms with E-state index in [1.807, 2.05) is 0 Å². The summed E-state index contributed by atoms with van der Waals surface area (Å²) in [6.45, 7) is 2.56. The van der Waals surface area contributed by atoms with Gasteiger partial charge < -0.3 is 10.2 Å². The minimum atomic E-state index is -0.475. The van der Waals surface area contributed by atoms with E-state index in [0.717, 1.165) is 31.6 Å². The van der Waals surface area contributed by atoms with Crippen LogP contribution in [-0.4, -0.2) is 29.3 Å². The summed E-state index contributed by atoms with van der Waals surface area (Å²) in [7, 11) is 0. The van der Waals surface area contributed by atoms with Crippen LogP contribution in [0.1, 0.15) is 39.0 Å². The lowest BCUT2D eigenvalue weighted by molar-refractivity contribution is -0.384. The summed E-state index contributed by atoms with van der Waals surface area (Å²) in [6.07, 6.45) is 4.44. The fourth-order valence-corrected chi connectivity index (χ4v) is 3.61. The molecule has 0 bridgehead atoms. The Morgan fingerprint density at radius 2 is 1.84 bits per heavy atom. The second kappa shape index (κ2) is 7.21. The van der Waals surface area contributed by atoms with Crippen molar-refractivity contribution in [2.24, 2.45) is 11.8 Å². The van der Waals surface area contributed by atoms with Crippen molar-refractivity contribution in [2.75, 3.05) is 11.4 Å². The zero-order chi connectivity index (χ0) is 18.0. The van der Waals surface area contributed by atoms with E-state index >= 15 is 0 Å². The molecule has 1 aromatic carbocycles. The number of benzene rings is 1. The number of amides is 2. The van der Waals surface area contributed by atoms with E-state index in [9.17, 15) is 19.7 Å². The number of anilines is 1. The molecule has 1 saturated carbocycles. The first-order valence-corrected chi connectivity index (χ1v) is 8.79. The number of carbonyl (C=O) groups excluding carboxylic acids is 2. The van der Waals surface area contributed by atoms with Gasteiger partial charge in [0.1, 0.15) is 0 Å². The maximum atomic E-state index is 12.5. The number of nitro benzene ring substituents is 1. The molecule has 1 aliphatic heterocycles. The summed E-state index contributed by atoms with van der Waals surface area (Å²) in [5, 5.41) is 13.8. The average molecular weight is 345 g/mol. The van der Waals surface area contributed by atoms with Crippen LogP contribution in [0.15, 0.2) is 24.3 Å². The van der Waals surface area contributed by atoms with Crippen molar-refractivity contribution < 1.29 is 14.5 Å². The van der Waals surface area contributed by atoms with E-state index in [1.165, 1.54) is 17.0 Å². The first kappa shape index (κ1) is 17.4. The van der Waals surface area contributed by atoms with Crippen LogP contribution in [0.2, 0.25) is 0 Å². The van der Waals surface area contributed by atoms with Crippen molar-refractivity contribution in [3.05, 3.63) is 34.4 Å². The maximum Gasteiger partial charge on any atom is 0.269 e. The van der Waals surface area contributed by atoms with Gasteiger partial charge >= 0.3 is 0 Å². The largest absolute Gasteiger partial charge is 0.353 e. The zero-order valence-electron chi connectivity index (χ0n) is 14.3. The number of nitro groups is 1. The van der Waals surface area contributed by atoms with E-state index in [-0.39, 0.29) is 35.9 Å². The van der Waals surface area contributed by atoms with Crippen LogP contribution in [0.25, 0.3) is 0 Å². The number of non-ortho nitro benzene ring substituents is 1. The molecule has 1 heterocycles. The minimum Gasteiger partial charge on any atom is -0.353 e. The van der Waals surface area contributed by atoms with Gasteiger partial charge in [0, 0.05) is 36.8 Å². The Bertz CT molecular complexity index is 665. The fourth-order valence-electron chi connectivity index (χ4n) is 3.61. The highest BCUT2D eigenvalue weighted by Crippen LogP contribution is 2.28. The molecule has 7 nitrogen and oxygen atoms in total. The van der Waals surface area contributed by atoms with Crippen LogP contribution < -0.4 is 10.2 Å². The van der Waals surface area contributed by atoms with Gasteiger partial charge in [-0.25, -0.2) is 0 Å². The van der Waals surface area contributed by atoms with Gasteiger partial charge in [0.2, 0.25) is 11.8 Å². The Balaban J connectivity index is 1.59. The van der Waals surface area contributed by atoms with E-state index in [4.69, 9.17) is 0 Å². The summed E-state index contributed by atoms with van der Waals surface area (Å²) in [5.41, 5.74) is 0.577. The standard InChI is InChI=1S/C18H23N3O4/c1-12-2-4-14(5-3-12)19-18(23)13-10-17(22)20(11-13)15-6-8-16(9-7-15)21(24)25/h6-9,12-14H,2-5,10-11H2,1H3,(H,19,23)/t12?,13-,14?/m0/s1. The summed E-state index contributed by atoms with van der Waals surface area (Å²) in [6, 6.07) is 6.07. The Morgan fingerprint density at radius 1 is 1.20 bits per heavy atom. The average Bonchev–Trinajstić information content (AvgIpc) is 2.99.